The Morgan fingerprint density at radius 1 is 1.42 bits per heavy atom. The molecule has 2 aliphatic rings. The van der Waals surface area contributed by atoms with E-state index in [9.17, 15) is 10.1 Å². The van der Waals surface area contributed by atoms with Crippen molar-refractivity contribution < 1.29 is 9.66 Å². The monoisotopic (exact) mass is 336 g/mol. The van der Waals surface area contributed by atoms with Crippen molar-refractivity contribution in [1.29, 1.82) is 0 Å². The van der Waals surface area contributed by atoms with Gasteiger partial charge in [-0.1, -0.05) is 6.92 Å². The van der Waals surface area contributed by atoms with Crippen molar-refractivity contribution in [3.8, 4) is 0 Å². The van der Waals surface area contributed by atoms with Crippen LogP contribution in [0, 0.1) is 16.0 Å². The number of nitrogen functional groups attached to an aromatic ring is 1. The van der Waals surface area contributed by atoms with Gasteiger partial charge in [-0.05, 0) is 31.6 Å². The van der Waals surface area contributed by atoms with Crippen LogP contribution in [0.15, 0.2) is 0 Å². The molecule has 0 radical (unpaired) electrons. The molecule has 24 heavy (non-hydrogen) atoms. The van der Waals surface area contributed by atoms with Crippen LogP contribution in [0.4, 0.5) is 23.3 Å². The molecule has 132 valence electrons. The van der Waals surface area contributed by atoms with Gasteiger partial charge in [-0.25, -0.2) is 0 Å². The van der Waals surface area contributed by atoms with Crippen LogP contribution < -0.4 is 16.0 Å². The number of nitrogens with two attached hydrogens (primary N) is 1. The van der Waals surface area contributed by atoms with Gasteiger partial charge in [-0.15, -0.1) is 0 Å². The maximum absolute atomic E-state index is 11.4. The van der Waals surface area contributed by atoms with Gasteiger partial charge >= 0.3 is 5.69 Å². The number of nitrogens with one attached hydrogen (secondary N) is 1. The highest BCUT2D eigenvalue weighted by Crippen LogP contribution is 2.34. The largest absolute Gasteiger partial charge is 0.378 e. The molecule has 2 fully saturated rings. The van der Waals surface area contributed by atoms with Gasteiger partial charge in [0.15, 0.2) is 0 Å². The third-order valence-corrected chi connectivity index (χ3v) is 4.54. The summed E-state index contributed by atoms with van der Waals surface area (Å²) >= 11 is 0. The zero-order valence-electron chi connectivity index (χ0n) is 13.9. The molecule has 0 amide bonds. The van der Waals surface area contributed by atoms with Crippen molar-refractivity contribution in [3.05, 3.63) is 10.1 Å². The number of aromatic nitrogens is 2. The maximum Gasteiger partial charge on any atom is 0.353 e. The minimum absolute atomic E-state index is 0.0990. The first-order valence-corrected chi connectivity index (χ1v) is 8.47. The van der Waals surface area contributed by atoms with Crippen LogP contribution in [0.25, 0.3) is 0 Å². The van der Waals surface area contributed by atoms with Gasteiger partial charge in [0.25, 0.3) is 0 Å². The molecule has 3 rings (SSSR count). The second-order valence-corrected chi connectivity index (χ2v) is 6.57. The van der Waals surface area contributed by atoms with Crippen LogP contribution >= 0.6 is 0 Å². The smallest absolute Gasteiger partial charge is 0.353 e. The molecular formula is C15H24N6O3. The fraction of sp³-hybridized carbons (Fsp3) is 0.733. The summed E-state index contributed by atoms with van der Waals surface area (Å²) in [5, 5.41) is 14.5. The molecule has 1 aromatic rings. The summed E-state index contributed by atoms with van der Waals surface area (Å²) < 4.78 is 5.56. The van der Waals surface area contributed by atoms with Crippen molar-refractivity contribution >= 4 is 23.3 Å². The third-order valence-electron chi connectivity index (χ3n) is 4.54. The quantitative estimate of drug-likeness (QED) is 0.617. The highest BCUT2D eigenvalue weighted by Gasteiger charge is 2.30. The Morgan fingerprint density at radius 2 is 2.25 bits per heavy atom. The zero-order chi connectivity index (χ0) is 17.1. The van der Waals surface area contributed by atoms with E-state index in [1.165, 1.54) is 0 Å². The third kappa shape index (κ3) is 3.66. The molecule has 0 bridgehead atoms. The molecule has 2 aliphatic heterocycles. The van der Waals surface area contributed by atoms with Crippen LogP contribution in [0.1, 0.15) is 32.6 Å². The van der Waals surface area contributed by atoms with Crippen LogP contribution in [0.5, 0.6) is 0 Å². The van der Waals surface area contributed by atoms with Crippen molar-refractivity contribution in [3.63, 3.8) is 0 Å². The van der Waals surface area contributed by atoms with Gasteiger partial charge in [-0.3, -0.25) is 10.1 Å². The average Bonchev–Trinajstić information content (AvgIpc) is 3.05. The molecular weight excluding hydrogens is 312 g/mol. The van der Waals surface area contributed by atoms with Crippen molar-refractivity contribution in [2.24, 2.45) is 5.92 Å². The lowest BCUT2D eigenvalue weighted by Crippen LogP contribution is -2.35. The Kier molecular flexibility index (Phi) is 4.98. The average molecular weight is 336 g/mol. The van der Waals surface area contributed by atoms with E-state index in [2.05, 4.69) is 22.2 Å². The number of nitro groups is 1. The van der Waals surface area contributed by atoms with E-state index in [1.54, 1.807) is 0 Å². The van der Waals surface area contributed by atoms with E-state index in [-0.39, 0.29) is 17.6 Å². The lowest BCUT2D eigenvalue weighted by molar-refractivity contribution is -0.383. The van der Waals surface area contributed by atoms with Crippen LogP contribution in [-0.2, 0) is 4.74 Å². The second kappa shape index (κ2) is 7.16. The Morgan fingerprint density at radius 3 is 2.92 bits per heavy atom. The zero-order valence-corrected chi connectivity index (χ0v) is 13.9. The van der Waals surface area contributed by atoms with Gasteiger partial charge in [0, 0.05) is 26.2 Å². The first-order valence-electron chi connectivity index (χ1n) is 8.47. The molecule has 1 aromatic heterocycles. The summed E-state index contributed by atoms with van der Waals surface area (Å²) in [6.07, 6.45) is 4.28. The highest BCUT2D eigenvalue weighted by molar-refractivity contribution is 5.71. The fourth-order valence-electron chi connectivity index (χ4n) is 3.33. The van der Waals surface area contributed by atoms with Crippen molar-refractivity contribution in [2.45, 2.75) is 38.7 Å². The van der Waals surface area contributed by atoms with Crippen LogP contribution in [0.3, 0.4) is 0 Å². The topological polar surface area (TPSA) is 119 Å². The lowest BCUT2D eigenvalue weighted by Gasteiger charge is -2.31. The number of rotatable bonds is 5. The number of hydrogen-bond donors (Lipinski definition) is 2. The van der Waals surface area contributed by atoms with E-state index in [4.69, 9.17) is 10.5 Å². The first-order chi connectivity index (χ1) is 11.5. The molecule has 9 nitrogen and oxygen atoms in total. The highest BCUT2D eigenvalue weighted by atomic mass is 16.6. The first kappa shape index (κ1) is 16.7. The molecule has 2 atom stereocenters. The lowest BCUT2D eigenvalue weighted by atomic mass is 10.0. The van der Waals surface area contributed by atoms with E-state index in [0.717, 1.165) is 45.4 Å². The predicted molar refractivity (Wildman–Crippen MR) is 91.2 cm³/mol. The standard InChI is InChI=1S/C15H24N6O3/c1-10-4-2-6-20(9-10)14-12(21(22)23)13(16)18-15(19-14)17-8-11-5-3-7-24-11/h10-11H,2-9H2,1H3,(H3,16,17,18,19)/t10-,11+/m1/s1. The molecule has 3 N–H and O–H groups in total. The van der Waals surface area contributed by atoms with Crippen LogP contribution in [0.2, 0.25) is 0 Å². The molecule has 0 spiro atoms. The Balaban J connectivity index is 1.84. The van der Waals surface area contributed by atoms with E-state index in [0.29, 0.717) is 24.2 Å². The summed E-state index contributed by atoms with van der Waals surface area (Å²) in [5.41, 5.74) is 5.66. The number of anilines is 3. The molecule has 0 saturated carbocycles. The number of nitrogens with zero attached hydrogens (tertiary/aromatic N) is 4. The Hall–Kier alpha value is -2.16. The summed E-state index contributed by atoms with van der Waals surface area (Å²) in [7, 11) is 0. The predicted octanol–water partition coefficient (Wildman–Crippen LogP) is 1.79. The molecule has 0 aromatic carbocycles. The number of hydrogen-bond acceptors (Lipinski definition) is 8. The van der Waals surface area contributed by atoms with Gasteiger partial charge in [0.05, 0.1) is 11.0 Å². The molecule has 0 aliphatic carbocycles. The van der Waals surface area contributed by atoms with Gasteiger partial charge in [0.2, 0.25) is 17.6 Å². The number of ether oxygens (including phenoxy) is 1. The minimum Gasteiger partial charge on any atom is -0.378 e. The van der Waals surface area contributed by atoms with Gasteiger partial charge < -0.3 is 20.7 Å². The van der Waals surface area contributed by atoms with E-state index in [1.807, 2.05) is 4.90 Å². The van der Waals surface area contributed by atoms with Crippen molar-refractivity contribution in [1.82, 2.24) is 9.97 Å². The summed E-state index contributed by atoms with van der Waals surface area (Å²) in [5.74, 6) is 1.01. The van der Waals surface area contributed by atoms with Crippen LogP contribution in [-0.4, -0.2) is 47.2 Å². The summed E-state index contributed by atoms with van der Waals surface area (Å²) in [6, 6.07) is 0. The molecule has 3 heterocycles. The van der Waals surface area contributed by atoms with Crippen molar-refractivity contribution in [2.75, 3.05) is 42.2 Å². The SMILES string of the molecule is C[C@@H]1CCCN(c2nc(NC[C@@H]3CCCO3)nc(N)c2[N+](=O)[O-])C1. The van der Waals surface area contributed by atoms with Gasteiger partial charge in [-0.2, -0.15) is 9.97 Å². The second-order valence-electron chi connectivity index (χ2n) is 6.57. The summed E-state index contributed by atoms with van der Waals surface area (Å²) in [4.78, 5) is 21.3. The maximum atomic E-state index is 11.4. The summed E-state index contributed by atoms with van der Waals surface area (Å²) in [6.45, 7) is 4.97. The molecule has 0 unspecified atom stereocenters. The minimum atomic E-state index is -0.492. The fourth-order valence-corrected chi connectivity index (χ4v) is 3.33. The normalized spacial score (nSPS) is 24.1. The molecule has 2 saturated heterocycles. The van der Waals surface area contributed by atoms with E-state index >= 15 is 0 Å². The van der Waals surface area contributed by atoms with Gasteiger partial charge in [0.1, 0.15) is 0 Å². The van der Waals surface area contributed by atoms with E-state index < -0.39 is 4.92 Å². The number of piperidine rings is 1. The Bertz CT molecular complexity index is 605. The molecule has 9 heteroatoms. The Labute approximate surface area is 140 Å².